The van der Waals surface area contributed by atoms with Gasteiger partial charge in [0.15, 0.2) is 0 Å². The van der Waals surface area contributed by atoms with Gasteiger partial charge in [-0.25, -0.2) is 0 Å². The van der Waals surface area contributed by atoms with E-state index in [0.717, 1.165) is 43.6 Å². The minimum absolute atomic E-state index is 0.0457. The van der Waals surface area contributed by atoms with Crippen LogP contribution in [-0.2, 0) is 9.47 Å². The Hall–Kier alpha value is -2.21. The average molecular weight is 392 g/mol. The fourth-order valence-electron chi connectivity index (χ4n) is 5.22. The molecule has 3 aliphatic rings. The number of carbonyl (C=O) groups excluding carboxylic acids is 1. The quantitative estimate of drug-likeness (QED) is 0.869. The molecule has 3 aliphatic heterocycles. The van der Waals surface area contributed by atoms with Gasteiger partial charge in [0.2, 0.25) is 0 Å². The molecule has 0 spiro atoms. The van der Waals surface area contributed by atoms with E-state index in [9.17, 15) is 4.79 Å². The molecule has 0 aromatic heterocycles. The zero-order valence-electron chi connectivity index (χ0n) is 16.9. The Kier molecular flexibility index (Phi) is 4.90. The first kappa shape index (κ1) is 18.8. The van der Waals surface area contributed by atoms with Crippen LogP contribution in [0.5, 0.6) is 0 Å². The van der Waals surface area contributed by atoms with Crippen LogP contribution in [0.1, 0.15) is 22.3 Å². The van der Waals surface area contributed by atoms with Crippen LogP contribution >= 0.6 is 0 Å². The number of methoxy groups -OCH3 is 1. The van der Waals surface area contributed by atoms with Gasteiger partial charge >= 0.3 is 0 Å². The number of benzene rings is 2. The summed E-state index contributed by atoms with van der Waals surface area (Å²) >= 11 is 0. The Labute approximate surface area is 171 Å². The molecule has 3 heterocycles. The van der Waals surface area contributed by atoms with Gasteiger partial charge in [0.1, 0.15) is 0 Å². The van der Waals surface area contributed by atoms with E-state index in [4.69, 9.17) is 9.47 Å². The molecule has 2 fully saturated rings. The van der Waals surface area contributed by atoms with Crippen molar-refractivity contribution < 1.29 is 14.3 Å². The molecule has 5 heteroatoms. The average Bonchev–Trinajstić information content (AvgIpc) is 3.30. The zero-order chi connectivity index (χ0) is 19.8. The number of ether oxygens (including phenoxy) is 2. The second-order valence-electron chi connectivity index (χ2n) is 8.62. The molecule has 152 valence electrons. The lowest BCUT2D eigenvalue weighted by molar-refractivity contribution is 0.0489. The Balaban J connectivity index is 1.42. The molecule has 2 atom stereocenters. The first-order valence-electron chi connectivity index (χ1n) is 10.5. The van der Waals surface area contributed by atoms with Gasteiger partial charge < -0.3 is 19.7 Å². The predicted molar refractivity (Wildman–Crippen MR) is 114 cm³/mol. The molecular weight excluding hydrogens is 364 g/mol. The van der Waals surface area contributed by atoms with E-state index >= 15 is 0 Å². The van der Waals surface area contributed by atoms with Gasteiger partial charge in [0, 0.05) is 43.6 Å². The third kappa shape index (κ3) is 3.27. The molecule has 2 aromatic carbocycles. The summed E-state index contributed by atoms with van der Waals surface area (Å²) in [7, 11) is 1.73. The summed E-state index contributed by atoms with van der Waals surface area (Å²) in [5.41, 5.74) is 3.40. The summed E-state index contributed by atoms with van der Waals surface area (Å²) in [6, 6.07) is 12.6. The predicted octanol–water partition coefficient (Wildman–Crippen LogP) is 2.95. The third-order valence-corrected chi connectivity index (χ3v) is 6.78. The van der Waals surface area contributed by atoms with E-state index in [0.29, 0.717) is 25.7 Å². The van der Waals surface area contributed by atoms with Crippen molar-refractivity contribution in [3.63, 3.8) is 0 Å². The van der Waals surface area contributed by atoms with E-state index in [2.05, 4.69) is 41.7 Å². The maximum Gasteiger partial charge on any atom is 0.253 e. The van der Waals surface area contributed by atoms with Crippen molar-refractivity contribution in [2.45, 2.75) is 6.42 Å². The van der Waals surface area contributed by atoms with Gasteiger partial charge in [-0.15, -0.1) is 0 Å². The number of nitrogens with zero attached hydrogens (tertiary/aromatic N) is 1. The van der Waals surface area contributed by atoms with Crippen LogP contribution < -0.4 is 5.32 Å². The van der Waals surface area contributed by atoms with Crippen LogP contribution in [0.2, 0.25) is 0 Å². The van der Waals surface area contributed by atoms with Gasteiger partial charge in [0.25, 0.3) is 5.91 Å². The van der Waals surface area contributed by atoms with Crippen molar-refractivity contribution >= 4 is 22.3 Å². The van der Waals surface area contributed by atoms with Gasteiger partial charge in [-0.3, -0.25) is 4.79 Å². The van der Waals surface area contributed by atoms with Crippen LogP contribution in [0, 0.1) is 11.3 Å². The van der Waals surface area contributed by atoms with Gasteiger partial charge in [-0.1, -0.05) is 30.3 Å². The Morgan fingerprint density at radius 3 is 3.10 bits per heavy atom. The normalized spacial score (nSPS) is 26.6. The number of nitrogens with one attached hydrogen (secondary N) is 1. The number of hydrogen-bond acceptors (Lipinski definition) is 4. The maximum atomic E-state index is 13.3. The molecule has 1 amide bonds. The van der Waals surface area contributed by atoms with Gasteiger partial charge in [0.05, 0.1) is 19.8 Å². The highest BCUT2D eigenvalue weighted by Crippen LogP contribution is 2.42. The Morgan fingerprint density at radius 2 is 2.28 bits per heavy atom. The van der Waals surface area contributed by atoms with E-state index in [1.807, 2.05) is 11.0 Å². The van der Waals surface area contributed by atoms with E-state index in [1.165, 1.54) is 16.5 Å². The summed E-state index contributed by atoms with van der Waals surface area (Å²) < 4.78 is 11.2. The van der Waals surface area contributed by atoms with E-state index in [-0.39, 0.29) is 11.3 Å². The monoisotopic (exact) mass is 392 g/mol. The highest BCUT2D eigenvalue weighted by molar-refractivity contribution is 6.01. The summed E-state index contributed by atoms with van der Waals surface area (Å²) in [5, 5.41) is 5.72. The largest absolute Gasteiger partial charge is 0.384 e. The Bertz CT molecular complexity index is 970. The topological polar surface area (TPSA) is 50.8 Å². The second kappa shape index (κ2) is 7.56. The molecule has 29 heavy (non-hydrogen) atoms. The number of hydrogen-bond donors (Lipinski definition) is 1. The summed E-state index contributed by atoms with van der Waals surface area (Å²) in [6.45, 7) is 5.45. The molecule has 1 N–H and O–H groups in total. The zero-order valence-corrected chi connectivity index (χ0v) is 16.9. The minimum atomic E-state index is -0.0457. The molecule has 5 rings (SSSR count). The molecule has 2 saturated heterocycles. The van der Waals surface area contributed by atoms with Crippen LogP contribution in [0.3, 0.4) is 0 Å². The summed E-state index contributed by atoms with van der Waals surface area (Å²) in [4.78, 5) is 15.3. The van der Waals surface area contributed by atoms with E-state index < -0.39 is 0 Å². The van der Waals surface area contributed by atoms with E-state index in [1.54, 1.807) is 7.11 Å². The van der Waals surface area contributed by atoms with Crippen molar-refractivity contribution in [2.75, 3.05) is 53.1 Å². The molecule has 0 unspecified atom stereocenters. The first-order valence-corrected chi connectivity index (χ1v) is 10.5. The lowest BCUT2D eigenvalue weighted by Crippen LogP contribution is -2.37. The molecule has 0 radical (unpaired) electrons. The first-order chi connectivity index (χ1) is 14.2. The van der Waals surface area contributed by atoms with Gasteiger partial charge in [-0.2, -0.15) is 0 Å². The number of carbonyl (C=O) groups is 1. The number of fused-ring (bicyclic) bond motifs is 2. The van der Waals surface area contributed by atoms with Crippen LogP contribution in [0.4, 0.5) is 0 Å². The number of rotatable bonds is 4. The molecule has 5 nitrogen and oxygen atoms in total. The fraction of sp³-hybridized carbons (Fsp3) is 0.458. The lowest BCUT2D eigenvalue weighted by atomic mass is 9.82. The number of likely N-dealkylation sites (tertiary alicyclic amines) is 1. The highest BCUT2D eigenvalue weighted by Gasteiger charge is 2.51. The third-order valence-electron chi connectivity index (χ3n) is 6.78. The smallest absolute Gasteiger partial charge is 0.253 e. The highest BCUT2D eigenvalue weighted by atomic mass is 16.5. The van der Waals surface area contributed by atoms with Crippen molar-refractivity contribution in [3.05, 3.63) is 53.6 Å². The molecular formula is C24H28N2O3. The SMILES string of the molecule is COC[C@@]12COC[C@@H]1CN(C(=O)c1ccc3c(C4=CCNCC4)cccc3c1)C2. The second-order valence-corrected chi connectivity index (χ2v) is 8.62. The van der Waals surface area contributed by atoms with Crippen molar-refractivity contribution in [1.82, 2.24) is 10.2 Å². The van der Waals surface area contributed by atoms with Crippen LogP contribution in [0.15, 0.2) is 42.5 Å². The van der Waals surface area contributed by atoms with Crippen LogP contribution in [-0.4, -0.2) is 63.9 Å². The van der Waals surface area contributed by atoms with Crippen LogP contribution in [0.25, 0.3) is 16.3 Å². The lowest BCUT2D eigenvalue weighted by Gasteiger charge is -2.26. The number of amides is 1. The minimum Gasteiger partial charge on any atom is -0.384 e. The summed E-state index contributed by atoms with van der Waals surface area (Å²) in [6.07, 6.45) is 3.32. The molecule has 0 aliphatic carbocycles. The molecule has 0 bridgehead atoms. The standard InChI is InChI=1S/C24H28N2O3/c1-28-15-24-14-26(12-20(24)13-29-16-24)23(27)19-5-6-22-18(11-19)3-2-4-21(22)17-7-9-25-10-8-17/h2-7,11,20,25H,8-10,12-16H2,1H3/t20-,24-/m0/s1. The maximum absolute atomic E-state index is 13.3. The molecule has 2 aromatic rings. The Morgan fingerprint density at radius 1 is 1.34 bits per heavy atom. The summed E-state index contributed by atoms with van der Waals surface area (Å²) in [5.74, 6) is 0.480. The van der Waals surface area contributed by atoms with Crippen molar-refractivity contribution in [2.24, 2.45) is 11.3 Å². The fourth-order valence-corrected chi connectivity index (χ4v) is 5.22. The van der Waals surface area contributed by atoms with Crippen molar-refractivity contribution in [3.8, 4) is 0 Å². The van der Waals surface area contributed by atoms with Crippen molar-refractivity contribution in [1.29, 1.82) is 0 Å². The van der Waals surface area contributed by atoms with Gasteiger partial charge in [-0.05, 0) is 47.0 Å². The molecule has 0 saturated carbocycles.